The smallest absolute Gasteiger partial charge is 0.122 e. The number of aromatic nitrogens is 2. The van der Waals surface area contributed by atoms with Gasteiger partial charge in [0.1, 0.15) is 5.75 Å². The minimum atomic E-state index is 0.500. The highest BCUT2D eigenvalue weighted by Gasteiger charge is 2.17. The summed E-state index contributed by atoms with van der Waals surface area (Å²) in [6, 6.07) is 6.34. The molecule has 0 aliphatic carbocycles. The highest BCUT2D eigenvalue weighted by atomic mass is 16.5. The summed E-state index contributed by atoms with van der Waals surface area (Å²) >= 11 is 0. The van der Waals surface area contributed by atoms with Crippen LogP contribution in [-0.4, -0.2) is 16.4 Å². The van der Waals surface area contributed by atoms with Gasteiger partial charge in [0.15, 0.2) is 0 Å². The Morgan fingerprint density at radius 2 is 2.28 bits per heavy atom. The van der Waals surface area contributed by atoms with Gasteiger partial charge < -0.3 is 10.5 Å². The van der Waals surface area contributed by atoms with E-state index in [0.29, 0.717) is 6.54 Å². The van der Waals surface area contributed by atoms with E-state index < -0.39 is 0 Å². The minimum absolute atomic E-state index is 0.500. The topological polar surface area (TPSA) is 53.1 Å². The summed E-state index contributed by atoms with van der Waals surface area (Å²) in [5.41, 5.74) is 11.6. The average molecular weight is 243 g/mol. The highest BCUT2D eigenvalue weighted by molar-refractivity contribution is 5.70. The first-order valence-corrected chi connectivity index (χ1v) is 6.19. The predicted octanol–water partition coefficient (Wildman–Crippen LogP) is 1.79. The molecular formula is C14H17N3O. The Balaban J connectivity index is 2.15. The molecule has 1 aliphatic rings. The molecule has 1 aliphatic heterocycles. The molecular weight excluding hydrogens is 226 g/mol. The Bertz CT molecular complexity index is 601. The van der Waals surface area contributed by atoms with Crippen LogP contribution in [0.3, 0.4) is 0 Å². The number of benzene rings is 1. The Labute approximate surface area is 106 Å². The number of hydrogen-bond acceptors (Lipinski definition) is 3. The Morgan fingerprint density at radius 3 is 3.06 bits per heavy atom. The fourth-order valence-corrected chi connectivity index (χ4v) is 2.66. The molecule has 0 radical (unpaired) electrons. The predicted molar refractivity (Wildman–Crippen MR) is 70.5 cm³/mol. The minimum Gasteiger partial charge on any atom is -0.493 e. The van der Waals surface area contributed by atoms with E-state index in [1.165, 1.54) is 11.1 Å². The molecule has 0 saturated carbocycles. The number of rotatable bonds is 2. The summed E-state index contributed by atoms with van der Waals surface area (Å²) in [7, 11) is 1.94. The lowest BCUT2D eigenvalue weighted by atomic mass is 10.00. The van der Waals surface area contributed by atoms with E-state index in [4.69, 9.17) is 10.5 Å². The van der Waals surface area contributed by atoms with E-state index in [9.17, 15) is 0 Å². The van der Waals surface area contributed by atoms with Crippen LogP contribution in [0.1, 0.15) is 17.0 Å². The van der Waals surface area contributed by atoms with Crippen LogP contribution < -0.4 is 10.5 Å². The van der Waals surface area contributed by atoms with Crippen LogP contribution in [0.15, 0.2) is 18.2 Å². The summed E-state index contributed by atoms with van der Waals surface area (Å²) in [4.78, 5) is 0. The van der Waals surface area contributed by atoms with Crippen LogP contribution in [0.2, 0.25) is 0 Å². The molecule has 0 spiro atoms. The Morgan fingerprint density at radius 1 is 1.44 bits per heavy atom. The van der Waals surface area contributed by atoms with Crippen molar-refractivity contribution in [1.29, 1.82) is 0 Å². The average Bonchev–Trinajstić information content (AvgIpc) is 2.91. The summed E-state index contributed by atoms with van der Waals surface area (Å²) < 4.78 is 7.41. The molecule has 0 unspecified atom stereocenters. The van der Waals surface area contributed by atoms with Gasteiger partial charge in [0, 0.05) is 25.6 Å². The maximum Gasteiger partial charge on any atom is 0.122 e. The van der Waals surface area contributed by atoms with Crippen molar-refractivity contribution in [2.75, 3.05) is 6.61 Å². The molecule has 0 saturated heterocycles. The molecule has 2 N–H and O–H groups in total. The molecule has 18 heavy (non-hydrogen) atoms. The quantitative estimate of drug-likeness (QED) is 0.875. The van der Waals surface area contributed by atoms with Crippen LogP contribution in [0.4, 0.5) is 0 Å². The Kier molecular flexibility index (Phi) is 2.59. The van der Waals surface area contributed by atoms with Gasteiger partial charge in [0.2, 0.25) is 0 Å². The molecule has 2 heterocycles. The van der Waals surface area contributed by atoms with Crippen molar-refractivity contribution in [3.8, 4) is 16.9 Å². The van der Waals surface area contributed by atoms with Crippen LogP contribution >= 0.6 is 0 Å². The van der Waals surface area contributed by atoms with Crippen molar-refractivity contribution in [3.63, 3.8) is 0 Å². The zero-order valence-corrected chi connectivity index (χ0v) is 10.7. The van der Waals surface area contributed by atoms with Crippen molar-refractivity contribution in [3.05, 3.63) is 35.2 Å². The van der Waals surface area contributed by atoms with Gasteiger partial charge in [-0.3, -0.25) is 4.68 Å². The Hall–Kier alpha value is -1.81. The van der Waals surface area contributed by atoms with Gasteiger partial charge in [-0.15, -0.1) is 0 Å². The lowest BCUT2D eigenvalue weighted by molar-refractivity contribution is 0.357. The van der Waals surface area contributed by atoms with Gasteiger partial charge >= 0.3 is 0 Å². The van der Waals surface area contributed by atoms with Gasteiger partial charge in [0.05, 0.1) is 18.0 Å². The number of hydrogen-bond donors (Lipinski definition) is 1. The van der Waals surface area contributed by atoms with Crippen molar-refractivity contribution in [2.45, 2.75) is 19.9 Å². The van der Waals surface area contributed by atoms with E-state index in [2.05, 4.69) is 17.2 Å². The van der Waals surface area contributed by atoms with E-state index in [1.54, 1.807) is 0 Å². The van der Waals surface area contributed by atoms with Gasteiger partial charge in [0.25, 0.3) is 0 Å². The highest BCUT2D eigenvalue weighted by Crippen LogP contribution is 2.33. The third-order valence-electron chi connectivity index (χ3n) is 3.51. The van der Waals surface area contributed by atoms with Crippen molar-refractivity contribution >= 4 is 0 Å². The number of fused-ring (bicyclic) bond motifs is 1. The molecule has 0 bridgehead atoms. The number of nitrogens with zero attached hydrogens (tertiary/aromatic N) is 2. The zero-order valence-electron chi connectivity index (χ0n) is 10.7. The second-order valence-electron chi connectivity index (χ2n) is 4.66. The molecule has 1 aromatic heterocycles. The van der Waals surface area contributed by atoms with Crippen molar-refractivity contribution in [1.82, 2.24) is 9.78 Å². The second-order valence-corrected chi connectivity index (χ2v) is 4.66. The fourth-order valence-electron chi connectivity index (χ4n) is 2.66. The maximum absolute atomic E-state index is 5.83. The third kappa shape index (κ3) is 1.61. The standard InChI is InChI=1S/C14H17N3O/c1-9-14(12(8-15)17(2)16-9)11-3-4-13-10(7-11)5-6-18-13/h3-4,7H,5-6,8,15H2,1-2H3. The monoisotopic (exact) mass is 243 g/mol. The third-order valence-corrected chi connectivity index (χ3v) is 3.51. The summed E-state index contributed by atoms with van der Waals surface area (Å²) in [6.45, 7) is 3.31. The summed E-state index contributed by atoms with van der Waals surface area (Å²) in [5.74, 6) is 1.01. The van der Waals surface area contributed by atoms with Crippen LogP contribution in [0.5, 0.6) is 5.75 Å². The molecule has 1 aromatic carbocycles. The normalized spacial score (nSPS) is 13.5. The summed E-state index contributed by atoms with van der Waals surface area (Å²) in [6.07, 6.45) is 0.987. The van der Waals surface area contributed by atoms with Crippen LogP contribution in [0, 0.1) is 6.92 Å². The molecule has 3 rings (SSSR count). The van der Waals surface area contributed by atoms with Gasteiger partial charge in [-0.25, -0.2) is 0 Å². The fraction of sp³-hybridized carbons (Fsp3) is 0.357. The van der Waals surface area contributed by atoms with E-state index in [0.717, 1.165) is 35.7 Å². The molecule has 0 fully saturated rings. The molecule has 4 heteroatoms. The van der Waals surface area contributed by atoms with E-state index in [1.807, 2.05) is 24.7 Å². The number of ether oxygens (including phenoxy) is 1. The van der Waals surface area contributed by atoms with Crippen LogP contribution in [0.25, 0.3) is 11.1 Å². The number of aryl methyl sites for hydroxylation is 2. The SMILES string of the molecule is Cc1nn(C)c(CN)c1-c1ccc2c(c1)CCO2. The lowest BCUT2D eigenvalue weighted by Crippen LogP contribution is -2.05. The molecule has 94 valence electrons. The zero-order chi connectivity index (χ0) is 12.7. The lowest BCUT2D eigenvalue weighted by Gasteiger charge is -2.06. The first kappa shape index (κ1) is 11.3. The van der Waals surface area contributed by atoms with Crippen molar-refractivity contribution in [2.24, 2.45) is 12.8 Å². The van der Waals surface area contributed by atoms with E-state index in [-0.39, 0.29) is 0 Å². The van der Waals surface area contributed by atoms with Gasteiger partial charge in [-0.1, -0.05) is 6.07 Å². The van der Waals surface area contributed by atoms with Crippen molar-refractivity contribution < 1.29 is 4.74 Å². The second kappa shape index (κ2) is 4.14. The first-order valence-electron chi connectivity index (χ1n) is 6.19. The van der Waals surface area contributed by atoms with Gasteiger partial charge in [-0.05, 0) is 30.2 Å². The molecule has 0 atom stereocenters. The molecule has 0 amide bonds. The maximum atomic E-state index is 5.83. The van der Waals surface area contributed by atoms with Gasteiger partial charge in [-0.2, -0.15) is 5.10 Å². The van der Waals surface area contributed by atoms with E-state index >= 15 is 0 Å². The molecule has 2 aromatic rings. The largest absolute Gasteiger partial charge is 0.493 e. The van der Waals surface area contributed by atoms with Crippen LogP contribution in [-0.2, 0) is 20.0 Å². The number of nitrogens with two attached hydrogens (primary N) is 1. The molecule has 4 nitrogen and oxygen atoms in total. The summed E-state index contributed by atoms with van der Waals surface area (Å²) in [5, 5.41) is 4.46. The first-order chi connectivity index (χ1) is 8.70.